The molecule has 2 aromatic rings. The van der Waals surface area contributed by atoms with Gasteiger partial charge in [-0.15, -0.1) is 11.3 Å². The Hall–Kier alpha value is -0.600. The fourth-order valence-corrected chi connectivity index (χ4v) is 2.43. The van der Waals surface area contributed by atoms with Crippen molar-refractivity contribution in [3.8, 4) is 0 Å². The van der Waals surface area contributed by atoms with Gasteiger partial charge in [0.2, 0.25) is 0 Å². The Kier molecular flexibility index (Phi) is 2.81. The molecule has 0 saturated carbocycles. The average Bonchev–Trinajstić information content (AvgIpc) is 2.57. The fourth-order valence-electron chi connectivity index (χ4n) is 1.25. The molecule has 1 aromatic heterocycles. The van der Waals surface area contributed by atoms with E-state index in [1.807, 2.05) is 11.3 Å². The van der Waals surface area contributed by atoms with Crippen LogP contribution in [0.15, 0.2) is 36.4 Å². The summed E-state index contributed by atoms with van der Waals surface area (Å²) in [5.74, 6) is 0. The van der Waals surface area contributed by atoms with Gasteiger partial charge in [0.15, 0.2) is 0 Å². The number of hydrogen-bond donors (Lipinski definition) is 0. The lowest BCUT2D eigenvalue weighted by Crippen LogP contribution is -1.59. The minimum atomic E-state index is 0.918. The largest absolute Gasteiger partial charge is 0.136 e. The quantitative estimate of drug-likeness (QED) is 0.699. The molecule has 0 radical (unpaired) electrons. The van der Waals surface area contributed by atoms with E-state index in [2.05, 4.69) is 58.4 Å². The monoisotopic (exact) mass is 252 g/mol. The topological polar surface area (TPSA) is 0 Å². The molecule has 0 aliphatic rings. The molecule has 0 aliphatic heterocycles. The molecule has 0 saturated heterocycles. The second kappa shape index (κ2) is 4.07. The van der Waals surface area contributed by atoms with Crippen LogP contribution in [0.2, 0.25) is 0 Å². The molecule has 0 N–H and O–H groups in total. The Morgan fingerprint density at radius 1 is 1.31 bits per heavy atom. The lowest BCUT2D eigenvalue weighted by molar-refractivity contribution is 1.83. The Morgan fingerprint density at radius 2 is 2.15 bits per heavy atom. The Labute approximate surface area is 90.0 Å². The van der Waals surface area contributed by atoms with Gasteiger partial charge < -0.3 is 0 Å². The van der Waals surface area contributed by atoms with E-state index in [0.717, 1.165) is 5.33 Å². The van der Waals surface area contributed by atoms with Crippen molar-refractivity contribution in [2.45, 2.75) is 0 Å². The van der Waals surface area contributed by atoms with Gasteiger partial charge in [0.1, 0.15) is 0 Å². The molecule has 0 spiro atoms. The predicted molar refractivity (Wildman–Crippen MR) is 64.7 cm³/mol. The highest BCUT2D eigenvalue weighted by molar-refractivity contribution is 9.09. The number of hydrogen-bond acceptors (Lipinski definition) is 1. The molecule has 1 heterocycles. The van der Waals surface area contributed by atoms with Crippen molar-refractivity contribution in [2.75, 3.05) is 5.33 Å². The second-order valence-corrected chi connectivity index (χ2v) is 4.51. The molecule has 13 heavy (non-hydrogen) atoms. The minimum Gasteiger partial charge on any atom is -0.136 e. The highest BCUT2D eigenvalue weighted by Crippen LogP contribution is 2.25. The third-order valence-corrected chi connectivity index (χ3v) is 3.27. The molecule has 2 heteroatoms. The summed E-state index contributed by atoms with van der Waals surface area (Å²) in [5.41, 5.74) is 0. The van der Waals surface area contributed by atoms with Crippen LogP contribution >= 0.6 is 27.3 Å². The first kappa shape index (κ1) is 8.97. The van der Waals surface area contributed by atoms with Crippen LogP contribution in [0.3, 0.4) is 0 Å². The van der Waals surface area contributed by atoms with Gasteiger partial charge in [-0.2, -0.15) is 0 Å². The number of thiophene rings is 1. The van der Waals surface area contributed by atoms with Crippen LogP contribution in [0.25, 0.3) is 16.2 Å². The van der Waals surface area contributed by atoms with Crippen LogP contribution in [-0.2, 0) is 0 Å². The summed E-state index contributed by atoms with van der Waals surface area (Å²) in [5, 5.41) is 2.25. The Morgan fingerprint density at radius 3 is 2.92 bits per heavy atom. The first-order chi connectivity index (χ1) is 6.40. The average molecular weight is 253 g/mol. The molecule has 0 unspecified atom stereocenters. The molecule has 0 atom stereocenters. The van der Waals surface area contributed by atoms with Crippen LogP contribution in [0.5, 0.6) is 0 Å². The van der Waals surface area contributed by atoms with Crippen molar-refractivity contribution in [1.82, 2.24) is 0 Å². The summed E-state index contributed by atoms with van der Waals surface area (Å²) < 4.78 is 1.36. The third-order valence-electron chi connectivity index (χ3n) is 1.82. The maximum atomic E-state index is 3.37. The second-order valence-electron chi connectivity index (χ2n) is 2.74. The lowest BCUT2D eigenvalue weighted by Gasteiger charge is -1.82. The SMILES string of the molecule is BrCC=Cc1cc2ccccc2s1. The molecule has 0 bridgehead atoms. The zero-order valence-corrected chi connectivity index (χ0v) is 9.44. The van der Waals surface area contributed by atoms with E-state index in [-0.39, 0.29) is 0 Å². The molecular formula is C11H9BrS. The van der Waals surface area contributed by atoms with E-state index < -0.39 is 0 Å². The number of benzene rings is 1. The van der Waals surface area contributed by atoms with Crippen LogP contribution in [0, 0.1) is 0 Å². The smallest absolute Gasteiger partial charge is 0.0349 e. The first-order valence-electron chi connectivity index (χ1n) is 4.11. The predicted octanol–water partition coefficient (Wildman–Crippen LogP) is 4.31. The van der Waals surface area contributed by atoms with Crippen molar-refractivity contribution in [3.63, 3.8) is 0 Å². The molecule has 0 fully saturated rings. The molecule has 2 rings (SSSR count). The van der Waals surface area contributed by atoms with E-state index in [1.165, 1.54) is 15.0 Å². The lowest BCUT2D eigenvalue weighted by atomic mass is 10.2. The zero-order valence-electron chi connectivity index (χ0n) is 7.03. The van der Waals surface area contributed by atoms with E-state index in [0.29, 0.717) is 0 Å². The third kappa shape index (κ3) is 2.01. The molecule has 1 aromatic carbocycles. The van der Waals surface area contributed by atoms with Crippen LogP contribution in [0.1, 0.15) is 4.88 Å². The van der Waals surface area contributed by atoms with Crippen molar-refractivity contribution < 1.29 is 0 Å². The maximum Gasteiger partial charge on any atom is 0.0349 e. The van der Waals surface area contributed by atoms with E-state index >= 15 is 0 Å². The summed E-state index contributed by atoms with van der Waals surface area (Å²) in [7, 11) is 0. The summed E-state index contributed by atoms with van der Waals surface area (Å²) >= 11 is 5.20. The summed E-state index contributed by atoms with van der Waals surface area (Å²) in [6.07, 6.45) is 4.27. The van der Waals surface area contributed by atoms with Gasteiger partial charge in [0.05, 0.1) is 0 Å². The molecule has 66 valence electrons. The first-order valence-corrected chi connectivity index (χ1v) is 6.05. The van der Waals surface area contributed by atoms with Gasteiger partial charge >= 0.3 is 0 Å². The van der Waals surface area contributed by atoms with Crippen LogP contribution in [-0.4, -0.2) is 5.33 Å². The van der Waals surface area contributed by atoms with Gasteiger partial charge in [0, 0.05) is 14.9 Å². The van der Waals surface area contributed by atoms with Crippen molar-refractivity contribution in [3.05, 3.63) is 41.3 Å². The van der Waals surface area contributed by atoms with Gasteiger partial charge in [0.25, 0.3) is 0 Å². The molecule has 0 amide bonds. The summed E-state index contributed by atoms with van der Waals surface area (Å²) in [6.45, 7) is 0. The highest BCUT2D eigenvalue weighted by atomic mass is 79.9. The normalized spacial score (nSPS) is 11.5. The van der Waals surface area contributed by atoms with Crippen molar-refractivity contribution in [2.24, 2.45) is 0 Å². The minimum absolute atomic E-state index is 0.918. The summed E-state index contributed by atoms with van der Waals surface area (Å²) in [6, 6.07) is 10.7. The van der Waals surface area contributed by atoms with E-state index in [4.69, 9.17) is 0 Å². The Bertz CT molecular complexity index is 395. The van der Waals surface area contributed by atoms with Crippen molar-refractivity contribution in [1.29, 1.82) is 0 Å². The van der Waals surface area contributed by atoms with Gasteiger partial charge in [-0.05, 0) is 23.6 Å². The zero-order chi connectivity index (χ0) is 9.10. The van der Waals surface area contributed by atoms with Gasteiger partial charge in [-0.3, -0.25) is 0 Å². The van der Waals surface area contributed by atoms with Gasteiger partial charge in [-0.1, -0.05) is 40.2 Å². The number of rotatable bonds is 2. The van der Waals surface area contributed by atoms with Crippen molar-refractivity contribution >= 4 is 43.4 Å². The molecule has 0 nitrogen and oxygen atoms in total. The highest BCUT2D eigenvalue weighted by Gasteiger charge is 1.96. The number of alkyl halides is 1. The molecular weight excluding hydrogens is 244 g/mol. The summed E-state index contributed by atoms with van der Waals surface area (Å²) in [4.78, 5) is 1.32. The van der Waals surface area contributed by atoms with E-state index in [1.54, 1.807) is 0 Å². The van der Waals surface area contributed by atoms with Gasteiger partial charge in [-0.25, -0.2) is 0 Å². The maximum absolute atomic E-state index is 3.37. The number of fused-ring (bicyclic) bond motifs is 1. The van der Waals surface area contributed by atoms with Crippen LogP contribution in [0.4, 0.5) is 0 Å². The number of halogens is 1. The Balaban J connectivity index is 2.44. The van der Waals surface area contributed by atoms with Crippen LogP contribution < -0.4 is 0 Å². The fraction of sp³-hybridized carbons (Fsp3) is 0.0909. The molecule has 0 aliphatic carbocycles. The van der Waals surface area contributed by atoms with E-state index in [9.17, 15) is 0 Å². The standard InChI is InChI=1S/C11H9BrS/c12-7-3-5-10-8-9-4-1-2-6-11(9)13-10/h1-6,8H,7H2. The number of allylic oxidation sites excluding steroid dienone is 1.